The van der Waals surface area contributed by atoms with E-state index in [4.69, 9.17) is 0 Å². The van der Waals surface area contributed by atoms with Crippen LogP contribution >= 0.6 is 0 Å². The molecule has 0 aromatic rings. The van der Waals surface area contributed by atoms with Gasteiger partial charge in [-0.1, -0.05) is 13.3 Å². The topological polar surface area (TPSA) is 67.8 Å². The monoisotopic (exact) mass is 160 g/mol. The van der Waals surface area contributed by atoms with Crippen LogP contribution in [-0.4, -0.2) is 19.4 Å². The smallest absolute Gasteiger partial charge is 0.409 e. The third kappa shape index (κ3) is 6.76. The first-order valence-electron chi connectivity index (χ1n) is 3.51. The van der Waals surface area contributed by atoms with E-state index in [0.29, 0.717) is 6.54 Å². The molecule has 5 heteroatoms. The average molecular weight is 160 g/mol. The van der Waals surface area contributed by atoms with E-state index in [0.717, 1.165) is 12.8 Å². The zero-order valence-electron chi connectivity index (χ0n) is 6.50. The second-order valence-electron chi connectivity index (χ2n) is 1.97. The average Bonchev–Trinajstić information content (AvgIpc) is 2.01. The van der Waals surface area contributed by atoms with Gasteiger partial charge in [-0.3, -0.25) is 0 Å². The van der Waals surface area contributed by atoms with Gasteiger partial charge in [-0.15, -0.1) is 4.91 Å². The molecular weight excluding hydrogens is 148 g/mol. The molecule has 0 aliphatic heterocycles. The van der Waals surface area contributed by atoms with Crippen LogP contribution in [-0.2, 0) is 4.74 Å². The van der Waals surface area contributed by atoms with Gasteiger partial charge in [0.2, 0.25) is 6.73 Å². The van der Waals surface area contributed by atoms with Crippen LogP contribution in [0.5, 0.6) is 0 Å². The Labute approximate surface area is 65.1 Å². The summed E-state index contributed by atoms with van der Waals surface area (Å²) in [4.78, 5) is 20.0. The predicted octanol–water partition coefficient (Wildman–Crippen LogP) is 1.24. The molecule has 1 N–H and O–H groups in total. The van der Waals surface area contributed by atoms with Crippen molar-refractivity contribution in [2.24, 2.45) is 5.18 Å². The summed E-state index contributed by atoms with van der Waals surface area (Å²) < 4.78 is 4.31. The molecule has 0 radical (unpaired) electrons. The minimum absolute atomic E-state index is 0.419. The van der Waals surface area contributed by atoms with Crippen LogP contribution in [0.1, 0.15) is 19.8 Å². The molecule has 0 aromatic carbocycles. The Morgan fingerprint density at radius 1 is 1.64 bits per heavy atom. The first-order chi connectivity index (χ1) is 5.31. The van der Waals surface area contributed by atoms with Gasteiger partial charge in [0.1, 0.15) is 0 Å². The highest BCUT2D eigenvalue weighted by Gasteiger charge is 1.97. The summed E-state index contributed by atoms with van der Waals surface area (Å²) in [6, 6.07) is 0. The summed E-state index contributed by atoms with van der Waals surface area (Å²) in [5.41, 5.74) is 0. The van der Waals surface area contributed by atoms with Crippen molar-refractivity contribution in [1.82, 2.24) is 5.32 Å². The quantitative estimate of drug-likeness (QED) is 0.486. The van der Waals surface area contributed by atoms with E-state index in [2.05, 4.69) is 15.2 Å². The Hall–Kier alpha value is -1.13. The van der Waals surface area contributed by atoms with E-state index < -0.39 is 12.8 Å². The number of nitrogens with zero attached hydrogens (tertiary/aromatic N) is 1. The van der Waals surface area contributed by atoms with Crippen LogP contribution in [0.25, 0.3) is 0 Å². The molecule has 0 rings (SSSR count). The van der Waals surface area contributed by atoms with Gasteiger partial charge >= 0.3 is 6.09 Å². The van der Waals surface area contributed by atoms with Gasteiger partial charge < -0.3 is 10.1 Å². The number of alkyl carbamates (subject to hydrolysis) is 1. The van der Waals surface area contributed by atoms with Gasteiger partial charge in [-0.25, -0.2) is 4.79 Å². The molecule has 0 aromatic heterocycles. The molecular formula is C6H12N2O3. The van der Waals surface area contributed by atoms with E-state index in [-0.39, 0.29) is 0 Å². The molecule has 5 nitrogen and oxygen atoms in total. The highest BCUT2D eigenvalue weighted by Crippen LogP contribution is 1.84. The number of rotatable bonds is 5. The summed E-state index contributed by atoms with van der Waals surface area (Å²) in [7, 11) is 0. The SMILES string of the molecule is CCCCNC(=O)OCN=O. The number of nitrogens with one attached hydrogen (secondary N) is 1. The molecule has 0 aliphatic rings. The van der Waals surface area contributed by atoms with E-state index >= 15 is 0 Å². The third-order valence-corrected chi connectivity index (χ3v) is 1.05. The predicted molar refractivity (Wildman–Crippen MR) is 40.1 cm³/mol. The Bertz CT molecular complexity index is 127. The van der Waals surface area contributed by atoms with Crippen molar-refractivity contribution in [2.45, 2.75) is 19.8 Å². The molecule has 0 atom stereocenters. The lowest BCUT2D eigenvalue weighted by molar-refractivity contribution is 0.149. The maximum atomic E-state index is 10.5. The van der Waals surface area contributed by atoms with Crippen LogP contribution < -0.4 is 5.32 Å². The number of carbonyl (C=O) groups is 1. The molecule has 0 bridgehead atoms. The van der Waals surface area contributed by atoms with Crippen molar-refractivity contribution >= 4 is 6.09 Å². The first-order valence-corrected chi connectivity index (χ1v) is 3.51. The lowest BCUT2D eigenvalue weighted by Gasteiger charge is -2.01. The Morgan fingerprint density at radius 3 is 2.91 bits per heavy atom. The summed E-state index contributed by atoms with van der Waals surface area (Å²) in [6.45, 7) is 2.17. The summed E-state index contributed by atoms with van der Waals surface area (Å²) in [5.74, 6) is 0. The van der Waals surface area contributed by atoms with Crippen LogP contribution in [0.2, 0.25) is 0 Å². The number of ether oxygens (including phenoxy) is 1. The number of nitroso groups, excluding NO2 is 1. The van der Waals surface area contributed by atoms with Crippen LogP contribution in [0.3, 0.4) is 0 Å². The van der Waals surface area contributed by atoms with E-state index in [9.17, 15) is 9.70 Å². The molecule has 11 heavy (non-hydrogen) atoms. The van der Waals surface area contributed by atoms with E-state index in [1.165, 1.54) is 0 Å². The van der Waals surface area contributed by atoms with Crippen molar-refractivity contribution in [1.29, 1.82) is 0 Å². The lowest BCUT2D eigenvalue weighted by atomic mass is 10.3. The van der Waals surface area contributed by atoms with Gasteiger partial charge in [0.25, 0.3) is 0 Å². The van der Waals surface area contributed by atoms with Crippen molar-refractivity contribution < 1.29 is 9.53 Å². The van der Waals surface area contributed by atoms with Crippen molar-refractivity contribution in [3.63, 3.8) is 0 Å². The van der Waals surface area contributed by atoms with Crippen LogP contribution in [0.15, 0.2) is 5.18 Å². The van der Waals surface area contributed by atoms with Gasteiger partial charge in [-0.2, -0.15) is 0 Å². The number of hydrogen-bond acceptors (Lipinski definition) is 4. The summed E-state index contributed by atoms with van der Waals surface area (Å²) >= 11 is 0. The molecule has 1 amide bonds. The van der Waals surface area contributed by atoms with Crippen LogP contribution in [0, 0.1) is 4.91 Å². The third-order valence-electron chi connectivity index (χ3n) is 1.05. The standard InChI is InChI=1S/C6H12N2O3/c1-2-3-4-7-6(9)11-5-8-10/h2-5H2,1H3,(H,7,9). The molecule has 0 heterocycles. The number of amides is 1. The van der Waals surface area contributed by atoms with Crippen molar-refractivity contribution in [2.75, 3.05) is 13.3 Å². The fourth-order valence-corrected chi connectivity index (χ4v) is 0.503. The number of hydrogen-bond donors (Lipinski definition) is 1. The van der Waals surface area contributed by atoms with E-state index in [1.807, 2.05) is 6.92 Å². The molecule has 0 aliphatic carbocycles. The second kappa shape index (κ2) is 6.98. The highest BCUT2D eigenvalue weighted by molar-refractivity contribution is 5.66. The Balaban J connectivity index is 3.15. The fraction of sp³-hybridized carbons (Fsp3) is 0.833. The molecule has 0 unspecified atom stereocenters. The van der Waals surface area contributed by atoms with Gasteiger partial charge in [0, 0.05) is 6.54 Å². The molecule has 0 fully saturated rings. The summed E-state index contributed by atoms with van der Waals surface area (Å²) in [6.07, 6.45) is 1.33. The summed E-state index contributed by atoms with van der Waals surface area (Å²) in [5, 5.41) is 4.83. The normalized spacial score (nSPS) is 8.82. The number of carbonyl (C=O) groups excluding carboxylic acids is 1. The van der Waals surface area contributed by atoms with Crippen LogP contribution in [0.4, 0.5) is 4.79 Å². The molecule has 0 saturated heterocycles. The zero-order valence-corrected chi connectivity index (χ0v) is 6.50. The Morgan fingerprint density at radius 2 is 2.36 bits per heavy atom. The van der Waals surface area contributed by atoms with Gasteiger partial charge in [0.15, 0.2) is 0 Å². The molecule has 0 spiro atoms. The molecule has 0 saturated carbocycles. The minimum Gasteiger partial charge on any atom is -0.423 e. The second-order valence-corrected chi connectivity index (χ2v) is 1.97. The highest BCUT2D eigenvalue weighted by atomic mass is 16.6. The van der Waals surface area contributed by atoms with Crippen molar-refractivity contribution in [3.05, 3.63) is 4.91 Å². The Kier molecular flexibility index (Phi) is 6.27. The van der Waals surface area contributed by atoms with Crippen molar-refractivity contribution in [3.8, 4) is 0 Å². The van der Waals surface area contributed by atoms with Gasteiger partial charge in [0.05, 0.1) is 0 Å². The molecule has 64 valence electrons. The maximum Gasteiger partial charge on any atom is 0.409 e. The lowest BCUT2D eigenvalue weighted by Crippen LogP contribution is -2.25. The largest absolute Gasteiger partial charge is 0.423 e. The van der Waals surface area contributed by atoms with E-state index in [1.54, 1.807) is 0 Å². The fourth-order valence-electron chi connectivity index (χ4n) is 0.503. The maximum absolute atomic E-state index is 10.5. The van der Waals surface area contributed by atoms with Gasteiger partial charge in [-0.05, 0) is 11.6 Å². The zero-order chi connectivity index (χ0) is 8.53. The first kappa shape index (κ1) is 9.87. The number of unbranched alkanes of at least 4 members (excludes halogenated alkanes) is 1. The minimum atomic E-state index is -0.585.